The molecule has 0 saturated carbocycles. The van der Waals surface area contributed by atoms with Crippen LogP contribution in [0, 0.1) is 12.7 Å². The van der Waals surface area contributed by atoms with Crippen LogP contribution in [0.25, 0.3) is 0 Å². The van der Waals surface area contributed by atoms with Crippen LogP contribution in [0.3, 0.4) is 0 Å². The summed E-state index contributed by atoms with van der Waals surface area (Å²) in [6.07, 6.45) is 0.469. The smallest absolute Gasteiger partial charge is 0.123 e. The van der Waals surface area contributed by atoms with Crippen LogP contribution < -0.4 is 0 Å². The Morgan fingerprint density at radius 3 is 2.75 bits per heavy atom. The monoisotopic (exact) mass is 167 g/mol. The Morgan fingerprint density at radius 1 is 1.58 bits per heavy atom. The van der Waals surface area contributed by atoms with Gasteiger partial charge >= 0.3 is 0 Å². The van der Waals surface area contributed by atoms with Gasteiger partial charge in [-0.25, -0.2) is 4.39 Å². The highest BCUT2D eigenvalue weighted by Gasteiger charge is 2.20. The SMILES string of the molecule is [CH2]C(O)(CC)c1cccc(F)c1. The first kappa shape index (κ1) is 9.20. The molecule has 0 aliphatic rings. The number of halogens is 1. The van der Waals surface area contributed by atoms with Crippen molar-refractivity contribution in [2.45, 2.75) is 18.9 Å². The lowest BCUT2D eigenvalue weighted by molar-refractivity contribution is 0.0817. The molecule has 1 rings (SSSR count). The van der Waals surface area contributed by atoms with Gasteiger partial charge < -0.3 is 5.11 Å². The normalized spacial score (nSPS) is 15.7. The molecule has 0 saturated heterocycles. The zero-order chi connectivity index (χ0) is 9.19. The molecule has 0 heterocycles. The standard InChI is InChI=1S/C10H12FO/c1-3-10(2,12)8-5-4-6-9(11)7-8/h4-7,12H,2-3H2,1H3. The third-order valence-corrected chi connectivity index (χ3v) is 1.95. The van der Waals surface area contributed by atoms with Gasteiger partial charge in [-0.1, -0.05) is 19.1 Å². The molecule has 1 unspecified atom stereocenters. The van der Waals surface area contributed by atoms with Gasteiger partial charge in [0, 0.05) is 0 Å². The Balaban J connectivity index is 3.03. The van der Waals surface area contributed by atoms with E-state index in [4.69, 9.17) is 0 Å². The van der Waals surface area contributed by atoms with Crippen molar-refractivity contribution in [1.29, 1.82) is 0 Å². The zero-order valence-corrected chi connectivity index (χ0v) is 7.05. The molecule has 0 aromatic heterocycles. The third kappa shape index (κ3) is 1.83. The molecule has 12 heavy (non-hydrogen) atoms. The molecule has 0 aliphatic carbocycles. The Morgan fingerprint density at radius 2 is 2.25 bits per heavy atom. The summed E-state index contributed by atoms with van der Waals surface area (Å²) in [5.74, 6) is -0.344. The van der Waals surface area contributed by atoms with E-state index in [1.165, 1.54) is 12.1 Å². The number of rotatable bonds is 2. The lowest BCUT2D eigenvalue weighted by Gasteiger charge is -2.21. The molecule has 0 spiro atoms. The van der Waals surface area contributed by atoms with Gasteiger partial charge in [0.1, 0.15) is 5.82 Å². The van der Waals surface area contributed by atoms with Gasteiger partial charge in [0.2, 0.25) is 0 Å². The molecule has 1 nitrogen and oxygen atoms in total. The van der Waals surface area contributed by atoms with E-state index in [-0.39, 0.29) is 5.82 Å². The summed E-state index contributed by atoms with van der Waals surface area (Å²) in [7, 11) is 0. The average molecular weight is 167 g/mol. The minimum atomic E-state index is -1.16. The predicted octanol–water partition coefficient (Wildman–Crippen LogP) is 2.26. The van der Waals surface area contributed by atoms with E-state index in [0.29, 0.717) is 12.0 Å². The van der Waals surface area contributed by atoms with E-state index >= 15 is 0 Å². The molecule has 0 bridgehead atoms. The number of hydrogen-bond donors (Lipinski definition) is 1. The van der Waals surface area contributed by atoms with Crippen molar-refractivity contribution in [2.75, 3.05) is 0 Å². The Bertz CT molecular complexity index is 268. The lowest BCUT2D eigenvalue weighted by Crippen LogP contribution is -2.19. The summed E-state index contributed by atoms with van der Waals surface area (Å²) in [5.41, 5.74) is -0.646. The van der Waals surface area contributed by atoms with Crippen molar-refractivity contribution >= 4 is 0 Å². The van der Waals surface area contributed by atoms with Gasteiger partial charge in [-0.2, -0.15) is 0 Å². The van der Waals surface area contributed by atoms with E-state index in [2.05, 4.69) is 6.92 Å². The molecule has 1 aromatic rings. The fourth-order valence-electron chi connectivity index (χ4n) is 0.982. The predicted molar refractivity (Wildman–Crippen MR) is 45.9 cm³/mol. The van der Waals surface area contributed by atoms with E-state index in [9.17, 15) is 9.50 Å². The van der Waals surface area contributed by atoms with Crippen molar-refractivity contribution in [2.24, 2.45) is 0 Å². The summed E-state index contributed by atoms with van der Waals surface area (Å²) in [6.45, 7) is 5.39. The van der Waals surface area contributed by atoms with Crippen molar-refractivity contribution in [3.8, 4) is 0 Å². The van der Waals surface area contributed by atoms with Crippen LogP contribution >= 0.6 is 0 Å². The fourth-order valence-corrected chi connectivity index (χ4v) is 0.982. The highest BCUT2D eigenvalue weighted by molar-refractivity contribution is 5.23. The summed E-state index contributed by atoms with van der Waals surface area (Å²) < 4.78 is 12.7. The van der Waals surface area contributed by atoms with Crippen molar-refractivity contribution in [3.05, 3.63) is 42.6 Å². The van der Waals surface area contributed by atoms with E-state index in [1.54, 1.807) is 19.1 Å². The molecule has 0 amide bonds. The van der Waals surface area contributed by atoms with E-state index in [0.717, 1.165) is 0 Å². The molecule has 1 atom stereocenters. The van der Waals surface area contributed by atoms with Gasteiger partial charge in [-0.05, 0) is 31.0 Å². The van der Waals surface area contributed by atoms with Crippen molar-refractivity contribution in [3.63, 3.8) is 0 Å². The number of hydrogen-bond acceptors (Lipinski definition) is 1. The summed E-state index contributed by atoms with van der Waals surface area (Å²) >= 11 is 0. The molecule has 1 N–H and O–H groups in total. The van der Waals surface area contributed by atoms with Gasteiger partial charge in [-0.15, -0.1) is 0 Å². The Kier molecular flexibility index (Phi) is 2.48. The maximum atomic E-state index is 12.7. The van der Waals surface area contributed by atoms with Crippen LogP contribution in [0.4, 0.5) is 4.39 Å². The number of benzene rings is 1. The van der Waals surface area contributed by atoms with Crippen LogP contribution in [0.2, 0.25) is 0 Å². The zero-order valence-electron chi connectivity index (χ0n) is 7.05. The molecule has 0 aliphatic heterocycles. The molecular formula is C10H12FO. The second kappa shape index (κ2) is 3.23. The summed E-state index contributed by atoms with van der Waals surface area (Å²) in [6, 6.07) is 5.88. The minimum Gasteiger partial charge on any atom is -0.385 e. The minimum absolute atomic E-state index is 0.344. The molecule has 65 valence electrons. The molecule has 0 fully saturated rings. The first-order valence-corrected chi connectivity index (χ1v) is 3.90. The topological polar surface area (TPSA) is 20.2 Å². The second-order valence-electron chi connectivity index (χ2n) is 2.90. The van der Waals surface area contributed by atoms with Gasteiger partial charge in [0.15, 0.2) is 0 Å². The van der Waals surface area contributed by atoms with Crippen LogP contribution in [-0.2, 0) is 5.60 Å². The van der Waals surface area contributed by atoms with E-state index < -0.39 is 5.60 Å². The Labute approximate surface area is 71.9 Å². The quantitative estimate of drug-likeness (QED) is 0.716. The van der Waals surface area contributed by atoms with Crippen LogP contribution in [0.15, 0.2) is 24.3 Å². The first-order chi connectivity index (χ1) is 5.56. The van der Waals surface area contributed by atoms with Gasteiger partial charge in [-0.3, -0.25) is 0 Å². The molecule has 1 radical (unpaired) electrons. The third-order valence-electron chi connectivity index (χ3n) is 1.95. The highest BCUT2D eigenvalue weighted by atomic mass is 19.1. The fraction of sp³-hybridized carbons (Fsp3) is 0.300. The van der Waals surface area contributed by atoms with Crippen LogP contribution in [-0.4, -0.2) is 5.11 Å². The summed E-state index contributed by atoms with van der Waals surface area (Å²) in [4.78, 5) is 0. The van der Waals surface area contributed by atoms with E-state index in [1.807, 2.05) is 0 Å². The number of aliphatic hydroxyl groups is 1. The van der Waals surface area contributed by atoms with Crippen LogP contribution in [0.5, 0.6) is 0 Å². The summed E-state index contributed by atoms with van der Waals surface area (Å²) in [5, 5.41) is 9.64. The molecular weight excluding hydrogens is 155 g/mol. The first-order valence-electron chi connectivity index (χ1n) is 3.90. The lowest BCUT2D eigenvalue weighted by atomic mass is 9.93. The van der Waals surface area contributed by atoms with Gasteiger partial charge in [0.05, 0.1) is 5.60 Å². The van der Waals surface area contributed by atoms with Crippen LogP contribution in [0.1, 0.15) is 18.9 Å². The largest absolute Gasteiger partial charge is 0.385 e. The molecule has 2 heteroatoms. The highest BCUT2D eigenvalue weighted by Crippen LogP contribution is 2.23. The Hall–Kier alpha value is -0.890. The second-order valence-corrected chi connectivity index (χ2v) is 2.90. The maximum Gasteiger partial charge on any atom is 0.123 e. The van der Waals surface area contributed by atoms with Gasteiger partial charge in [0.25, 0.3) is 0 Å². The average Bonchev–Trinajstić information content (AvgIpc) is 2.05. The van der Waals surface area contributed by atoms with Crippen molar-refractivity contribution < 1.29 is 9.50 Å². The molecule has 1 aromatic carbocycles. The van der Waals surface area contributed by atoms with Crippen molar-refractivity contribution in [1.82, 2.24) is 0 Å². The maximum absolute atomic E-state index is 12.7.